The van der Waals surface area contributed by atoms with E-state index in [9.17, 15) is 20.0 Å². The largest absolute Gasteiger partial charge is 0.392 e. The van der Waals surface area contributed by atoms with Gasteiger partial charge in [-0.1, -0.05) is 36.0 Å². The first-order valence-corrected chi connectivity index (χ1v) is 8.15. The molecule has 24 heavy (non-hydrogen) atoms. The summed E-state index contributed by atoms with van der Waals surface area (Å²) in [6.07, 6.45) is -0.631. The number of likely N-dealkylation sites (N-methyl/N-ethyl adjacent to an activating group) is 1. The Balaban J connectivity index is 2.33. The molecule has 1 N–H and O–H groups in total. The van der Waals surface area contributed by atoms with Gasteiger partial charge in [-0.15, -0.1) is 0 Å². The number of carbonyl (C=O) groups excluding carboxylic acids is 1. The van der Waals surface area contributed by atoms with Gasteiger partial charge < -0.3 is 10.0 Å². The van der Waals surface area contributed by atoms with Crippen molar-refractivity contribution in [1.29, 1.82) is 0 Å². The van der Waals surface area contributed by atoms with E-state index >= 15 is 0 Å². The minimum Gasteiger partial charge on any atom is -0.392 e. The molecule has 0 spiro atoms. The summed E-state index contributed by atoms with van der Waals surface area (Å²) in [5.41, 5.74) is 0.450. The normalized spacial score (nSPS) is 11.8. The molecule has 0 aromatic heterocycles. The maximum Gasteiger partial charge on any atom is 0.283 e. The molecule has 0 fully saturated rings. The van der Waals surface area contributed by atoms with Crippen LogP contribution in [0.1, 0.15) is 17.3 Å². The summed E-state index contributed by atoms with van der Waals surface area (Å²) < 4.78 is 0. The number of aliphatic hydroxyl groups excluding tert-OH is 1. The molecule has 2 aromatic carbocycles. The van der Waals surface area contributed by atoms with Crippen molar-refractivity contribution in [3.63, 3.8) is 0 Å². The standard InChI is InChI=1S/C17H18N2O4S/c1-12(20)11-18(2)17(21)13-7-3-5-9-15(13)24-16-10-6-4-8-14(16)19(22)23/h3-10,12,20H,11H2,1-2H3/t12-/m1/s1. The second-order valence-electron chi connectivity index (χ2n) is 5.36. The summed E-state index contributed by atoms with van der Waals surface area (Å²) in [4.78, 5) is 25.8. The van der Waals surface area contributed by atoms with E-state index in [0.29, 0.717) is 15.4 Å². The highest BCUT2D eigenvalue weighted by Crippen LogP contribution is 2.36. The van der Waals surface area contributed by atoms with Crippen molar-refractivity contribution in [3.05, 3.63) is 64.2 Å². The van der Waals surface area contributed by atoms with E-state index in [4.69, 9.17) is 0 Å². The van der Waals surface area contributed by atoms with Crippen molar-refractivity contribution in [2.75, 3.05) is 13.6 Å². The highest BCUT2D eigenvalue weighted by molar-refractivity contribution is 7.99. The Kier molecular flexibility index (Phi) is 5.94. The van der Waals surface area contributed by atoms with E-state index in [-0.39, 0.29) is 18.1 Å². The first-order valence-electron chi connectivity index (χ1n) is 7.34. The highest BCUT2D eigenvalue weighted by atomic mass is 32.2. The van der Waals surface area contributed by atoms with Crippen molar-refractivity contribution in [2.45, 2.75) is 22.8 Å². The van der Waals surface area contributed by atoms with Crippen LogP contribution in [-0.4, -0.2) is 40.5 Å². The highest BCUT2D eigenvalue weighted by Gasteiger charge is 2.20. The molecule has 1 amide bonds. The van der Waals surface area contributed by atoms with Crippen molar-refractivity contribution >= 4 is 23.4 Å². The zero-order chi connectivity index (χ0) is 17.7. The molecule has 7 heteroatoms. The molecule has 0 heterocycles. The number of hydrogen-bond donors (Lipinski definition) is 1. The van der Waals surface area contributed by atoms with Crippen LogP contribution in [0.25, 0.3) is 0 Å². The van der Waals surface area contributed by atoms with Gasteiger partial charge in [-0.25, -0.2) is 0 Å². The lowest BCUT2D eigenvalue weighted by Gasteiger charge is -2.20. The van der Waals surface area contributed by atoms with Crippen LogP contribution >= 0.6 is 11.8 Å². The van der Waals surface area contributed by atoms with Crippen molar-refractivity contribution in [2.24, 2.45) is 0 Å². The van der Waals surface area contributed by atoms with Gasteiger partial charge >= 0.3 is 0 Å². The van der Waals surface area contributed by atoms with Gasteiger partial charge in [-0.2, -0.15) is 0 Å². The fraction of sp³-hybridized carbons (Fsp3) is 0.235. The minimum absolute atomic E-state index is 0.00193. The van der Waals surface area contributed by atoms with E-state index in [1.165, 1.54) is 22.7 Å². The van der Waals surface area contributed by atoms with Gasteiger partial charge in [0.15, 0.2) is 0 Å². The summed E-state index contributed by atoms with van der Waals surface area (Å²) in [6.45, 7) is 1.82. The fourth-order valence-electron chi connectivity index (χ4n) is 2.23. The molecule has 0 bridgehead atoms. The number of carbonyl (C=O) groups is 1. The lowest BCUT2D eigenvalue weighted by Crippen LogP contribution is -2.33. The van der Waals surface area contributed by atoms with Crippen LogP contribution < -0.4 is 0 Å². The zero-order valence-corrected chi connectivity index (χ0v) is 14.2. The molecule has 0 unspecified atom stereocenters. The monoisotopic (exact) mass is 346 g/mol. The van der Waals surface area contributed by atoms with Crippen LogP contribution in [0.2, 0.25) is 0 Å². The Morgan fingerprint density at radius 3 is 2.42 bits per heavy atom. The number of benzene rings is 2. The fourth-order valence-corrected chi connectivity index (χ4v) is 3.27. The van der Waals surface area contributed by atoms with Gasteiger partial charge in [0.25, 0.3) is 11.6 Å². The van der Waals surface area contributed by atoms with Crippen LogP contribution in [0.3, 0.4) is 0 Å². The predicted octanol–water partition coefficient (Wildman–Crippen LogP) is 3.20. The molecule has 0 aliphatic rings. The third kappa shape index (κ3) is 4.33. The molecule has 0 radical (unpaired) electrons. The molecule has 1 atom stereocenters. The van der Waals surface area contributed by atoms with Crippen LogP contribution in [0.15, 0.2) is 58.3 Å². The molecule has 0 saturated carbocycles. The SMILES string of the molecule is C[C@@H](O)CN(C)C(=O)c1ccccc1Sc1ccccc1[N+](=O)[O-]. The summed E-state index contributed by atoms with van der Waals surface area (Å²) in [6, 6.07) is 13.4. The third-order valence-electron chi connectivity index (χ3n) is 3.28. The summed E-state index contributed by atoms with van der Waals surface area (Å²) in [7, 11) is 1.61. The summed E-state index contributed by atoms with van der Waals surface area (Å²) in [5.74, 6) is -0.238. The van der Waals surface area contributed by atoms with Crippen LogP contribution in [0.5, 0.6) is 0 Å². The van der Waals surface area contributed by atoms with Gasteiger partial charge in [0.2, 0.25) is 0 Å². The molecule has 0 aliphatic carbocycles. The van der Waals surface area contributed by atoms with E-state index in [1.807, 2.05) is 0 Å². The Bertz CT molecular complexity index is 749. The molecule has 0 saturated heterocycles. The molecule has 2 aromatic rings. The number of amides is 1. The van der Waals surface area contributed by atoms with Gasteiger partial charge in [0.1, 0.15) is 0 Å². The van der Waals surface area contributed by atoms with Crippen molar-refractivity contribution in [3.8, 4) is 0 Å². The summed E-state index contributed by atoms with van der Waals surface area (Å²) >= 11 is 1.18. The van der Waals surface area contributed by atoms with Gasteiger partial charge in [0.05, 0.1) is 21.5 Å². The summed E-state index contributed by atoms with van der Waals surface area (Å²) in [5, 5.41) is 20.6. The van der Waals surface area contributed by atoms with Gasteiger partial charge in [0, 0.05) is 24.6 Å². The lowest BCUT2D eigenvalue weighted by atomic mass is 10.2. The molecule has 0 aliphatic heterocycles. The number of rotatable bonds is 6. The zero-order valence-electron chi connectivity index (χ0n) is 13.4. The Hall–Kier alpha value is -2.38. The molecular weight excluding hydrogens is 328 g/mol. The average molecular weight is 346 g/mol. The molecule has 6 nitrogen and oxygen atoms in total. The van der Waals surface area contributed by atoms with Crippen LogP contribution in [-0.2, 0) is 0 Å². The van der Waals surface area contributed by atoms with Crippen LogP contribution in [0, 0.1) is 10.1 Å². The van der Waals surface area contributed by atoms with E-state index in [1.54, 1.807) is 56.4 Å². The number of aliphatic hydroxyl groups is 1. The predicted molar refractivity (Wildman–Crippen MR) is 92.3 cm³/mol. The van der Waals surface area contributed by atoms with E-state index in [2.05, 4.69) is 0 Å². The van der Waals surface area contributed by atoms with E-state index in [0.717, 1.165) is 0 Å². The van der Waals surface area contributed by atoms with Gasteiger partial charge in [-0.3, -0.25) is 14.9 Å². The number of para-hydroxylation sites is 1. The first kappa shape index (κ1) is 18.0. The number of nitrogens with zero attached hydrogens (tertiary/aromatic N) is 2. The topological polar surface area (TPSA) is 83.7 Å². The maximum absolute atomic E-state index is 12.6. The Morgan fingerprint density at radius 2 is 1.79 bits per heavy atom. The second kappa shape index (κ2) is 7.94. The second-order valence-corrected chi connectivity index (χ2v) is 6.44. The molecular formula is C17H18N2O4S. The van der Waals surface area contributed by atoms with Crippen molar-refractivity contribution in [1.82, 2.24) is 4.90 Å². The van der Waals surface area contributed by atoms with E-state index < -0.39 is 11.0 Å². The minimum atomic E-state index is -0.631. The Morgan fingerprint density at radius 1 is 1.21 bits per heavy atom. The lowest BCUT2D eigenvalue weighted by molar-refractivity contribution is -0.387. The quantitative estimate of drug-likeness (QED) is 0.641. The molecule has 2 rings (SSSR count). The average Bonchev–Trinajstić information content (AvgIpc) is 2.54. The van der Waals surface area contributed by atoms with Crippen molar-refractivity contribution < 1.29 is 14.8 Å². The first-order chi connectivity index (χ1) is 11.4. The number of nitro benzene ring substituents is 1. The maximum atomic E-state index is 12.6. The van der Waals surface area contributed by atoms with Crippen LogP contribution in [0.4, 0.5) is 5.69 Å². The Labute approximate surface area is 144 Å². The van der Waals surface area contributed by atoms with Gasteiger partial charge in [-0.05, 0) is 25.1 Å². The smallest absolute Gasteiger partial charge is 0.283 e. The number of nitro groups is 1. The third-order valence-corrected chi connectivity index (χ3v) is 4.43. The molecule has 126 valence electrons. The number of hydrogen-bond acceptors (Lipinski definition) is 5.